The highest BCUT2D eigenvalue weighted by Crippen LogP contribution is 2.23. The summed E-state index contributed by atoms with van der Waals surface area (Å²) < 4.78 is 5.39. The molecule has 0 heterocycles. The van der Waals surface area contributed by atoms with Crippen LogP contribution in [0.5, 0.6) is 11.5 Å². The average Bonchev–Trinajstić information content (AvgIpc) is 2.54. The predicted octanol–water partition coefficient (Wildman–Crippen LogP) is 3.99. The van der Waals surface area contributed by atoms with Crippen LogP contribution in [0.4, 0.5) is 5.69 Å². The van der Waals surface area contributed by atoms with Crippen LogP contribution < -0.4 is 10.1 Å². The van der Waals surface area contributed by atoms with E-state index in [4.69, 9.17) is 16.3 Å². The summed E-state index contributed by atoms with van der Waals surface area (Å²) in [6.45, 7) is 2.33. The Bertz CT molecular complexity index is 808. The number of hydrogen-bond donors (Lipinski definition) is 2. The SMILES string of the molecule is CCOc1cc(Cl)cc(/C=C(\C#N)C(=O)Nc2ccc(O)cc2)c1. The number of hydrogen-bond acceptors (Lipinski definition) is 4. The molecule has 0 radical (unpaired) electrons. The number of phenols is 1. The normalized spacial score (nSPS) is 10.8. The number of benzene rings is 2. The highest BCUT2D eigenvalue weighted by molar-refractivity contribution is 6.30. The van der Waals surface area contributed by atoms with Crippen molar-refractivity contribution in [3.05, 3.63) is 58.6 Å². The number of carbonyl (C=O) groups excluding carboxylic acids is 1. The highest BCUT2D eigenvalue weighted by atomic mass is 35.5. The zero-order valence-corrected chi connectivity index (χ0v) is 13.7. The van der Waals surface area contributed by atoms with Crippen LogP contribution in [0.3, 0.4) is 0 Å². The van der Waals surface area contributed by atoms with Gasteiger partial charge in [0.05, 0.1) is 6.61 Å². The highest BCUT2D eigenvalue weighted by Gasteiger charge is 2.10. The first-order valence-corrected chi connectivity index (χ1v) is 7.55. The zero-order valence-electron chi connectivity index (χ0n) is 12.9. The fourth-order valence-corrected chi connectivity index (χ4v) is 2.21. The van der Waals surface area contributed by atoms with Crippen LogP contribution in [0.1, 0.15) is 12.5 Å². The molecule has 24 heavy (non-hydrogen) atoms. The molecular weight excluding hydrogens is 328 g/mol. The number of rotatable bonds is 5. The molecule has 122 valence electrons. The molecule has 0 spiro atoms. The fourth-order valence-electron chi connectivity index (χ4n) is 1.98. The first kappa shape index (κ1) is 17.4. The summed E-state index contributed by atoms with van der Waals surface area (Å²) in [5, 5.41) is 21.5. The smallest absolute Gasteiger partial charge is 0.266 e. The van der Waals surface area contributed by atoms with E-state index in [2.05, 4.69) is 5.32 Å². The van der Waals surface area contributed by atoms with E-state index in [1.54, 1.807) is 18.2 Å². The summed E-state index contributed by atoms with van der Waals surface area (Å²) in [5.41, 5.74) is 0.983. The summed E-state index contributed by atoms with van der Waals surface area (Å²) in [6.07, 6.45) is 1.43. The van der Waals surface area contributed by atoms with E-state index in [0.29, 0.717) is 28.6 Å². The van der Waals surface area contributed by atoms with Crippen molar-refractivity contribution in [3.8, 4) is 17.6 Å². The maximum absolute atomic E-state index is 12.2. The third-order valence-corrected chi connectivity index (χ3v) is 3.22. The molecule has 0 aromatic heterocycles. The summed E-state index contributed by atoms with van der Waals surface area (Å²) in [5.74, 6) is 0.0973. The Morgan fingerprint density at radius 3 is 2.67 bits per heavy atom. The number of aromatic hydroxyl groups is 1. The van der Waals surface area contributed by atoms with Crippen molar-refractivity contribution in [1.82, 2.24) is 0 Å². The van der Waals surface area contributed by atoms with E-state index in [1.807, 2.05) is 13.0 Å². The molecule has 0 aliphatic rings. The van der Waals surface area contributed by atoms with Crippen LogP contribution in [0, 0.1) is 11.3 Å². The molecule has 2 aromatic rings. The number of nitrogens with zero attached hydrogens (tertiary/aromatic N) is 1. The molecule has 0 fully saturated rings. The first-order valence-electron chi connectivity index (χ1n) is 7.17. The standard InChI is InChI=1S/C18H15ClN2O3/c1-2-24-17-9-12(8-14(19)10-17)7-13(11-20)18(23)21-15-3-5-16(22)6-4-15/h3-10,22H,2H2,1H3,(H,21,23)/b13-7+. The lowest BCUT2D eigenvalue weighted by Crippen LogP contribution is -2.13. The topological polar surface area (TPSA) is 82.3 Å². The molecule has 0 unspecified atom stereocenters. The van der Waals surface area contributed by atoms with E-state index < -0.39 is 5.91 Å². The minimum absolute atomic E-state index is 0.0761. The summed E-state index contributed by atoms with van der Waals surface area (Å²) in [7, 11) is 0. The average molecular weight is 343 g/mol. The fraction of sp³-hybridized carbons (Fsp3) is 0.111. The number of nitrogens with one attached hydrogen (secondary N) is 1. The molecule has 2 rings (SSSR count). The van der Waals surface area contributed by atoms with E-state index in [9.17, 15) is 15.2 Å². The van der Waals surface area contributed by atoms with Crippen LogP contribution in [0.2, 0.25) is 5.02 Å². The van der Waals surface area contributed by atoms with Crippen molar-refractivity contribution in [2.24, 2.45) is 0 Å². The number of halogens is 1. The molecule has 0 saturated heterocycles. The quantitative estimate of drug-likeness (QED) is 0.489. The Balaban J connectivity index is 2.23. The largest absolute Gasteiger partial charge is 0.508 e. The zero-order chi connectivity index (χ0) is 17.5. The number of phenolic OH excluding ortho intramolecular Hbond substituents is 1. The molecular formula is C18H15ClN2O3. The van der Waals surface area contributed by atoms with Crippen molar-refractivity contribution in [3.63, 3.8) is 0 Å². The molecule has 0 aliphatic heterocycles. The van der Waals surface area contributed by atoms with Gasteiger partial charge >= 0.3 is 0 Å². The van der Waals surface area contributed by atoms with E-state index >= 15 is 0 Å². The van der Waals surface area contributed by atoms with Crippen molar-refractivity contribution in [2.45, 2.75) is 6.92 Å². The van der Waals surface area contributed by atoms with Crippen LogP contribution >= 0.6 is 11.6 Å². The van der Waals surface area contributed by atoms with Gasteiger partial charge in [-0.05, 0) is 61.0 Å². The lowest BCUT2D eigenvalue weighted by atomic mass is 10.1. The predicted molar refractivity (Wildman–Crippen MR) is 92.9 cm³/mol. The number of carbonyl (C=O) groups is 1. The monoisotopic (exact) mass is 342 g/mol. The van der Waals surface area contributed by atoms with Gasteiger partial charge in [-0.3, -0.25) is 4.79 Å². The third-order valence-electron chi connectivity index (χ3n) is 3.01. The number of ether oxygens (including phenoxy) is 1. The number of amides is 1. The Kier molecular flexibility index (Phi) is 5.83. The van der Waals surface area contributed by atoms with Crippen molar-refractivity contribution in [1.29, 1.82) is 5.26 Å². The molecule has 5 nitrogen and oxygen atoms in total. The lowest BCUT2D eigenvalue weighted by molar-refractivity contribution is -0.112. The second-order valence-corrected chi connectivity index (χ2v) is 5.26. The Morgan fingerprint density at radius 1 is 1.33 bits per heavy atom. The maximum Gasteiger partial charge on any atom is 0.266 e. The van der Waals surface area contributed by atoms with Gasteiger partial charge in [0, 0.05) is 10.7 Å². The summed E-state index contributed by atoms with van der Waals surface area (Å²) in [4.78, 5) is 12.2. The minimum atomic E-state index is -0.555. The molecule has 1 amide bonds. The van der Waals surface area contributed by atoms with Gasteiger partial charge in [0.2, 0.25) is 0 Å². The number of nitriles is 1. The van der Waals surface area contributed by atoms with Crippen molar-refractivity contribution >= 4 is 29.3 Å². The third kappa shape index (κ3) is 4.77. The van der Waals surface area contributed by atoms with Gasteiger partial charge in [-0.15, -0.1) is 0 Å². The van der Waals surface area contributed by atoms with Crippen molar-refractivity contribution < 1.29 is 14.6 Å². The van der Waals surface area contributed by atoms with Crippen LogP contribution in [-0.2, 0) is 4.79 Å². The lowest BCUT2D eigenvalue weighted by Gasteiger charge is -2.06. The van der Waals surface area contributed by atoms with Crippen molar-refractivity contribution in [2.75, 3.05) is 11.9 Å². The molecule has 0 aliphatic carbocycles. The minimum Gasteiger partial charge on any atom is -0.508 e. The van der Waals surface area contributed by atoms with Gasteiger partial charge in [-0.2, -0.15) is 5.26 Å². The Morgan fingerprint density at radius 2 is 2.04 bits per heavy atom. The second-order valence-electron chi connectivity index (χ2n) is 4.82. The maximum atomic E-state index is 12.2. The van der Waals surface area contributed by atoms with Gasteiger partial charge < -0.3 is 15.2 Å². The summed E-state index contributed by atoms with van der Waals surface area (Å²) >= 11 is 6.02. The molecule has 0 atom stereocenters. The summed E-state index contributed by atoms with van der Waals surface area (Å²) in [6, 6.07) is 12.8. The molecule has 2 N–H and O–H groups in total. The van der Waals surface area contributed by atoms with E-state index in [-0.39, 0.29) is 11.3 Å². The Hall–Kier alpha value is -2.97. The van der Waals surface area contributed by atoms with Gasteiger partial charge in [0.25, 0.3) is 5.91 Å². The molecule has 6 heteroatoms. The first-order chi connectivity index (χ1) is 11.5. The van der Waals surface area contributed by atoms with Crippen LogP contribution in [0.25, 0.3) is 6.08 Å². The van der Waals surface area contributed by atoms with Gasteiger partial charge in [-0.25, -0.2) is 0 Å². The second kappa shape index (κ2) is 8.04. The molecule has 2 aromatic carbocycles. The Labute approximate surface area is 144 Å². The van der Waals surface area contributed by atoms with Gasteiger partial charge in [-0.1, -0.05) is 11.6 Å². The van der Waals surface area contributed by atoms with E-state index in [1.165, 1.54) is 30.3 Å². The molecule has 0 saturated carbocycles. The van der Waals surface area contributed by atoms with Crippen LogP contribution in [0.15, 0.2) is 48.0 Å². The van der Waals surface area contributed by atoms with Gasteiger partial charge in [0.15, 0.2) is 0 Å². The van der Waals surface area contributed by atoms with E-state index in [0.717, 1.165) is 0 Å². The molecule has 0 bridgehead atoms. The number of anilines is 1. The van der Waals surface area contributed by atoms with Crippen LogP contribution in [-0.4, -0.2) is 17.6 Å². The van der Waals surface area contributed by atoms with Gasteiger partial charge in [0.1, 0.15) is 23.1 Å².